The highest BCUT2D eigenvalue weighted by Crippen LogP contribution is 2.30. The van der Waals surface area contributed by atoms with Crippen molar-refractivity contribution in [3.63, 3.8) is 0 Å². The van der Waals surface area contributed by atoms with Gasteiger partial charge in [-0.1, -0.05) is 24.3 Å². The van der Waals surface area contributed by atoms with E-state index in [1.807, 2.05) is 12.1 Å². The third-order valence-corrected chi connectivity index (χ3v) is 3.97. The van der Waals surface area contributed by atoms with Crippen molar-refractivity contribution >= 4 is 17.8 Å². The molecule has 0 aromatic heterocycles. The molecular formula is C20H19FN2O6. The van der Waals surface area contributed by atoms with Crippen molar-refractivity contribution in [2.24, 2.45) is 0 Å². The molecule has 2 N–H and O–H groups in total. The van der Waals surface area contributed by atoms with Crippen LogP contribution >= 0.6 is 0 Å². The van der Waals surface area contributed by atoms with Gasteiger partial charge < -0.3 is 24.8 Å². The zero-order valence-electron chi connectivity index (χ0n) is 15.4. The molecule has 3 rings (SSSR count). The lowest BCUT2D eigenvalue weighted by Gasteiger charge is -2.26. The van der Waals surface area contributed by atoms with Crippen LogP contribution in [0.1, 0.15) is 10.4 Å². The lowest BCUT2D eigenvalue weighted by molar-refractivity contribution is -0.147. The third kappa shape index (κ3) is 5.68. The molecule has 1 heterocycles. The van der Waals surface area contributed by atoms with E-state index in [0.29, 0.717) is 11.5 Å². The summed E-state index contributed by atoms with van der Waals surface area (Å²) in [6.07, 6.45) is -0.371. The number of hydrogen-bond donors (Lipinski definition) is 2. The molecule has 0 spiro atoms. The Kier molecular flexibility index (Phi) is 6.62. The van der Waals surface area contributed by atoms with Crippen LogP contribution in [0.15, 0.2) is 48.5 Å². The Hall–Kier alpha value is -3.62. The molecule has 2 aromatic rings. The molecule has 2 amide bonds. The Labute approximate surface area is 165 Å². The van der Waals surface area contributed by atoms with Gasteiger partial charge in [0.25, 0.3) is 11.8 Å². The minimum atomic E-state index is -0.823. The summed E-state index contributed by atoms with van der Waals surface area (Å²) in [6.45, 7) is -0.552. The van der Waals surface area contributed by atoms with E-state index in [2.05, 4.69) is 10.6 Å². The van der Waals surface area contributed by atoms with Crippen LogP contribution in [0.2, 0.25) is 0 Å². The summed E-state index contributed by atoms with van der Waals surface area (Å²) < 4.78 is 29.5. The van der Waals surface area contributed by atoms with Gasteiger partial charge in [0.15, 0.2) is 18.1 Å². The maximum absolute atomic E-state index is 13.5. The summed E-state index contributed by atoms with van der Waals surface area (Å²) in [5, 5.41) is 4.81. The van der Waals surface area contributed by atoms with Crippen LogP contribution in [0.25, 0.3) is 0 Å². The Balaban J connectivity index is 1.34. The number of benzene rings is 2. The van der Waals surface area contributed by atoms with Crippen molar-refractivity contribution in [3.05, 3.63) is 59.9 Å². The van der Waals surface area contributed by atoms with Gasteiger partial charge in [-0.3, -0.25) is 14.4 Å². The van der Waals surface area contributed by atoms with Crippen molar-refractivity contribution < 1.29 is 33.0 Å². The van der Waals surface area contributed by atoms with Gasteiger partial charge in [-0.15, -0.1) is 0 Å². The summed E-state index contributed by atoms with van der Waals surface area (Å²) in [5.74, 6) is -1.57. The molecule has 0 unspecified atom stereocenters. The first-order valence-corrected chi connectivity index (χ1v) is 8.86. The normalized spacial score (nSPS) is 14.6. The van der Waals surface area contributed by atoms with E-state index in [1.54, 1.807) is 12.1 Å². The van der Waals surface area contributed by atoms with E-state index in [0.717, 1.165) is 6.07 Å². The van der Waals surface area contributed by atoms with Crippen molar-refractivity contribution in [1.82, 2.24) is 10.6 Å². The van der Waals surface area contributed by atoms with Gasteiger partial charge in [-0.2, -0.15) is 0 Å². The first-order chi connectivity index (χ1) is 14.0. The number of rotatable bonds is 7. The molecule has 1 atom stereocenters. The zero-order chi connectivity index (χ0) is 20.6. The minimum Gasteiger partial charge on any atom is -0.486 e. The second-order valence-corrected chi connectivity index (χ2v) is 6.12. The standard InChI is InChI=1S/C20H19FN2O6/c21-15-6-2-1-5-14(15)20(26)23-10-19(25)28-12-18(24)22-9-13-11-27-16-7-3-4-8-17(16)29-13/h1-8,13H,9-12H2,(H,22,24)(H,23,26)/t13-/m1/s1. The number of para-hydroxylation sites is 2. The highest BCUT2D eigenvalue weighted by atomic mass is 19.1. The van der Waals surface area contributed by atoms with E-state index < -0.39 is 36.8 Å². The highest BCUT2D eigenvalue weighted by molar-refractivity contribution is 5.96. The number of esters is 1. The topological polar surface area (TPSA) is 103 Å². The van der Waals surface area contributed by atoms with Gasteiger partial charge in [-0.25, -0.2) is 4.39 Å². The SMILES string of the molecule is O=C(COC(=O)CNC(=O)c1ccccc1F)NC[C@@H]1COc2ccccc2O1. The summed E-state index contributed by atoms with van der Waals surface area (Å²) >= 11 is 0. The highest BCUT2D eigenvalue weighted by Gasteiger charge is 2.21. The van der Waals surface area contributed by atoms with E-state index >= 15 is 0 Å². The number of carbonyl (C=O) groups is 3. The molecule has 2 aromatic carbocycles. The summed E-state index contributed by atoms with van der Waals surface area (Å²) in [6, 6.07) is 12.6. The Morgan fingerprint density at radius 1 is 1.03 bits per heavy atom. The Morgan fingerprint density at radius 2 is 1.76 bits per heavy atom. The molecule has 1 aliphatic heterocycles. The second kappa shape index (κ2) is 9.54. The summed E-state index contributed by atoms with van der Waals surface area (Å²) in [4.78, 5) is 35.3. The molecular weight excluding hydrogens is 383 g/mol. The second-order valence-electron chi connectivity index (χ2n) is 6.12. The fraction of sp³-hybridized carbons (Fsp3) is 0.250. The van der Waals surface area contributed by atoms with Gasteiger partial charge in [-0.05, 0) is 24.3 Å². The molecule has 1 aliphatic rings. The van der Waals surface area contributed by atoms with Gasteiger partial charge >= 0.3 is 5.97 Å². The molecule has 0 saturated carbocycles. The van der Waals surface area contributed by atoms with Gasteiger partial charge in [0.2, 0.25) is 0 Å². The number of halogens is 1. The molecule has 0 aliphatic carbocycles. The van der Waals surface area contributed by atoms with Crippen LogP contribution in [-0.2, 0) is 14.3 Å². The quantitative estimate of drug-likeness (QED) is 0.672. The smallest absolute Gasteiger partial charge is 0.325 e. The van der Waals surface area contributed by atoms with Gasteiger partial charge in [0, 0.05) is 0 Å². The molecule has 0 bridgehead atoms. The molecule has 0 radical (unpaired) electrons. The largest absolute Gasteiger partial charge is 0.486 e. The number of hydrogen-bond acceptors (Lipinski definition) is 6. The maximum Gasteiger partial charge on any atom is 0.325 e. The van der Waals surface area contributed by atoms with Crippen molar-refractivity contribution in [2.45, 2.75) is 6.10 Å². The fourth-order valence-corrected chi connectivity index (χ4v) is 2.53. The van der Waals surface area contributed by atoms with Crippen molar-refractivity contribution in [1.29, 1.82) is 0 Å². The predicted octanol–water partition coefficient (Wildman–Crippen LogP) is 1.05. The summed E-state index contributed by atoms with van der Waals surface area (Å²) in [5.41, 5.74) is -0.186. The van der Waals surface area contributed by atoms with Crippen LogP contribution in [0.5, 0.6) is 11.5 Å². The molecule has 29 heavy (non-hydrogen) atoms. The Morgan fingerprint density at radius 3 is 2.55 bits per heavy atom. The number of nitrogens with one attached hydrogen (secondary N) is 2. The molecule has 0 saturated heterocycles. The molecule has 8 nitrogen and oxygen atoms in total. The lowest BCUT2D eigenvalue weighted by atomic mass is 10.2. The lowest BCUT2D eigenvalue weighted by Crippen LogP contribution is -2.42. The van der Waals surface area contributed by atoms with Crippen LogP contribution < -0.4 is 20.1 Å². The zero-order valence-corrected chi connectivity index (χ0v) is 15.4. The predicted molar refractivity (Wildman–Crippen MR) is 99.1 cm³/mol. The molecule has 152 valence electrons. The average Bonchev–Trinajstić information content (AvgIpc) is 2.74. The number of ether oxygens (including phenoxy) is 3. The van der Waals surface area contributed by atoms with Gasteiger partial charge in [0.1, 0.15) is 25.1 Å². The van der Waals surface area contributed by atoms with Gasteiger partial charge in [0.05, 0.1) is 12.1 Å². The van der Waals surface area contributed by atoms with Crippen LogP contribution in [0.4, 0.5) is 4.39 Å². The fourth-order valence-electron chi connectivity index (χ4n) is 2.53. The van der Waals surface area contributed by atoms with E-state index in [9.17, 15) is 18.8 Å². The molecule has 9 heteroatoms. The number of carbonyl (C=O) groups excluding carboxylic acids is 3. The van der Waals surface area contributed by atoms with E-state index in [4.69, 9.17) is 14.2 Å². The first-order valence-electron chi connectivity index (χ1n) is 8.86. The third-order valence-electron chi connectivity index (χ3n) is 3.97. The number of fused-ring (bicyclic) bond motifs is 1. The van der Waals surface area contributed by atoms with Crippen LogP contribution in [0.3, 0.4) is 0 Å². The molecule has 0 fully saturated rings. The van der Waals surface area contributed by atoms with Crippen molar-refractivity contribution in [2.75, 3.05) is 26.3 Å². The summed E-state index contributed by atoms with van der Waals surface area (Å²) in [7, 11) is 0. The number of amides is 2. The first kappa shape index (κ1) is 20.1. The maximum atomic E-state index is 13.5. The average molecular weight is 402 g/mol. The van der Waals surface area contributed by atoms with E-state index in [-0.39, 0.29) is 24.8 Å². The van der Waals surface area contributed by atoms with Crippen molar-refractivity contribution in [3.8, 4) is 11.5 Å². The van der Waals surface area contributed by atoms with Crippen LogP contribution in [0, 0.1) is 5.82 Å². The van der Waals surface area contributed by atoms with E-state index in [1.165, 1.54) is 18.2 Å². The Bertz CT molecular complexity index is 904. The van der Waals surface area contributed by atoms with Crippen LogP contribution in [-0.4, -0.2) is 50.2 Å². The minimum absolute atomic E-state index is 0.175. The monoisotopic (exact) mass is 402 g/mol.